The highest BCUT2D eigenvalue weighted by atomic mass is 14.4. The summed E-state index contributed by atoms with van der Waals surface area (Å²) in [5.74, 6) is 0.826. The summed E-state index contributed by atoms with van der Waals surface area (Å²) in [6.45, 7) is 12.0. The molecule has 0 aliphatic heterocycles. The standard InChI is InChI=1S/C20H32/c1-15-7-6-8-16(2)13-14-20(5)17(3)10-12-19(11-9-15)18(20)4/h8-9,17H,6-7,10-14H2,1-5H3. The molecule has 0 aromatic heterocycles. The Bertz CT molecular complexity index is 447. The molecule has 2 atom stereocenters. The van der Waals surface area contributed by atoms with Crippen LogP contribution in [0, 0.1) is 11.3 Å². The summed E-state index contributed by atoms with van der Waals surface area (Å²) >= 11 is 0. The van der Waals surface area contributed by atoms with Crippen LogP contribution in [0.1, 0.15) is 79.6 Å². The highest BCUT2D eigenvalue weighted by molar-refractivity contribution is 5.27. The summed E-state index contributed by atoms with van der Waals surface area (Å²) in [5.41, 5.74) is 7.01. The van der Waals surface area contributed by atoms with Gasteiger partial charge in [0.1, 0.15) is 0 Å². The predicted octanol–water partition coefficient (Wildman–Crippen LogP) is 6.60. The van der Waals surface area contributed by atoms with E-state index in [2.05, 4.69) is 46.8 Å². The Morgan fingerprint density at radius 3 is 2.45 bits per heavy atom. The van der Waals surface area contributed by atoms with Crippen LogP contribution in [-0.2, 0) is 0 Å². The third-order valence-corrected chi connectivity index (χ3v) is 6.12. The van der Waals surface area contributed by atoms with Crippen molar-refractivity contribution in [1.29, 1.82) is 0 Å². The molecule has 2 aliphatic carbocycles. The van der Waals surface area contributed by atoms with Gasteiger partial charge in [-0.25, -0.2) is 0 Å². The minimum Gasteiger partial charge on any atom is -0.0853 e. The Morgan fingerprint density at radius 2 is 1.70 bits per heavy atom. The van der Waals surface area contributed by atoms with Crippen LogP contribution in [0.15, 0.2) is 34.4 Å². The average molecular weight is 272 g/mol. The molecular weight excluding hydrogens is 240 g/mol. The highest BCUT2D eigenvalue weighted by Crippen LogP contribution is 2.49. The SMILES string of the molecule is CC1=CCC2=C(C)C(C)(CCC(C)=CCC1)C(C)CC2. The van der Waals surface area contributed by atoms with Crippen molar-refractivity contribution in [3.63, 3.8) is 0 Å². The molecule has 2 unspecified atom stereocenters. The van der Waals surface area contributed by atoms with Gasteiger partial charge < -0.3 is 0 Å². The Kier molecular flexibility index (Phi) is 4.94. The van der Waals surface area contributed by atoms with Crippen LogP contribution < -0.4 is 0 Å². The zero-order valence-electron chi connectivity index (χ0n) is 14.2. The first-order valence-electron chi connectivity index (χ1n) is 8.44. The smallest absolute Gasteiger partial charge is 0.00876 e. The molecule has 0 N–H and O–H groups in total. The lowest BCUT2D eigenvalue weighted by molar-refractivity contribution is 0.205. The Labute approximate surface area is 126 Å². The average Bonchev–Trinajstić information content (AvgIpc) is 2.41. The molecule has 0 amide bonds. The van der Waals surface area contributed by atoms with Crippen molar-refractivity contribution < 1.29 is 0 Å². The lowest BCUT2D eigenvalue weighted by Crippen LogP contribution is -2.31. The molecule has 0 spiro atoms. The normalized spacial score (nSPS) is 33.0. The van der Waals surface area contributed by atoms with E-state index in [-0.39, 0.29) is 0 Å². The van der Waals surface area contributed by atoms with Gasteiger partial charge in [0, 0.05) is 0 Å². The number of hydrogen-bond donors (Lipinski definition) is 0. The highest BCUT2D eigenvalue weighted by Gasteiger charge is 2.36. The number of rotatable bonds is 0. The van der Waals surface area contributed by atoms with Crippen molar-refractivity contribution in [2.24, 2.45) is 11.3 Å². The quantitative estimate of drug-likeness (QED) is 0.436. The zero-order valence-corrected chi connectivity index (χ0v) is 14.2. The van der Waals surface area contributed by atoms with E-state index < -0.39 is 0 Å². The van der Waals surface area contributed by atoms with Gasteiger partial charge in [-0.15, -0.1) is 0 Å². The van der Waals surface area contributed by atoms with E-state index in [0.717, 1.165) is 5.92 Å². The molecule has 0 fully saturated rings. The van der Waals surface area contributed by atoms with E-state index in [0.29, 0.717) is 5.41 Å². The molecule has 0 nitrogen and oxygen atoms in total. The second-order valence-corrected chi connectivity index (χ2v) is 7.43. The Balaban J connectivity index is 2.36. The minimum atomic E-state index is 0.420. The molecule has 2 bridgehead atoms. The van der Waals surface area contributed by atoms with Crippen LogP contribution in [0.4, 0.5) is 0 Å². The second-order valence-electron chi connectivity index (χ2n) is 7.43. The summed E-state index contributed by atoms with van der Waals surface area (Å²) in [7, 11) is 0. The van der Waals surface area contributed by atoms with Gasteiger partial charge in [-0.2, -0.15) is 0 Å². The van der Waals surface area contributed by atoms with Crippen molar-refractivity contribution >= 4 is 0 Å². The third kappa shape index (κ3) is 3.27. The first-order chi connectivity index (χ1) is 9.43. The van der Waals surface area contributed by atoms with Crippen molar-refractivity contribution in [3.05, 3.63) is 34.4 Å². The first kappa shape index (κ1) is 15.6. The fraction of sp³-hybridized carbons (Fsp3) is 0.700. The van der Waals surface area contributed by atoms with Crippen molar-refractivity contribution in [2.45, 2.75) is 79.6 Å². The molecule has 2 rings (SSSR count). The summed E-state index contributed by atoms with van der Waals surface area (Å²) < 4.78 is 0. The molecule has 0 heterocycles. The first-order valence-corrected chi connectivity index (χ1v) is 8.44. The van der Waals surface area contributed by atoms with Crippen LogP contribution >= 0.6 is 0 Å². The van der Waals surface area contributed by atoms with E-state index in [1.165, 1.54) is 44.9 Å². The Morgan fingerprint density at radius 1 is 1.00 bits per heavy atom. The fourth-order valence-electron chi connectivity index (χ4n) is 3.86. The van der Waals surface area contributed by atoms with Crippen molar-refractivity contribution in [1.82, 2.24) is 0 Å². The van der Waals surface area contributed by atoms with Gasteiger partial charge in [0.2, 0.25) is 0 Å². The predicted molar refractivity (Wildman–Crippen MR) is 89.8 cm³/mol. The molecule has 112 valence electrons. The number of fused-ring (bicyclic) bond motifs is 1. The van der Waals surface area contributed by atoms with E-state index >= 15 is 0 Å². The maximum Gasteiger partial charge on any atom is -0.00876 e. The monoisotopic (exact) mass is 272 g/mol. The summed E-state index contributed by atoms with van der Waals surface area (Å²) in [5, 5.41) is 0. The molecule has 2 aliphatic rings. The number of allylic oxidation sites excluding steroid dienone is 6. The molecule has 0 radical (unpaired) electrons. The zero-order chi connectivity index (χ0) is 14.8. The topological polar surface area (TPSA) is 0 Å². The van der Waals surface area contributed by atoms with Crippen LogP contribution in [0.25, 0.3) is 0 Å². The molecule has 0 saturated carbocycles. The molecule has 0 aromatic rings. The molecule has 20 heavy (non-hydrogen) atoms. The largest absolute Gasteiger partial charge is 0.0853 e. The van der Waals surface area contributed by atoms with Gasteiger partial charge in [-0.05, 0) is 77.0 Å². The molecule has 0 aromatic carbocycles. The lowest BCUT2D eigenvalue weighted by atomic mass is 9.62. The van der Waals surface area contributed by atoms with Crippen molar-refractivity contribution in [3.8, 4) is 0 Å². The van der Waals surface area contributed by atoms with Gasteiger partial charge in [0.15, 0.2) is 0 Å². The molecule has 0 saturated heterocycles. The van der Waals surface area contributed by atoms with Gasteiger partial charge in [-0.3, -0.25) is 0 Å². The minimum absolute atomic E-state index is 0.420. The Hall–Kier alpha value is -0.780. The van der Waals surface area contributed by atoms with Gasteiger partial charge >= 0.3 is 0 Å². The molecule has 0 heteroatoms. The van der Waals surface area contributed by atoms with Crippen LogP contribution in [0.3, 0.4) is 0 Å². The lowest BCUT2D eigenvalue weighted by Gasteiger charge is -2.43. The van der Waals surface area contributed by atoms with E-state index in [4.69, 9.17) is 0 Å². The summed E-state index contributed by atoms with van der Waals surface area (Å²) in [4.78, 5) is 0. The maximum atomic E-state index is 2.52. The summed E-state index contributed by atoms with van der Waals surface area (Å²) in [6, 6.07) is 0. The van der Waals surface area contributed by atoms with Gasteiger partial charge in [0.25, 0.3) is 0 Å². The summed E-state index contributed by atoms with van der Waals surface area (Å²) in [6.07, 6.45) is 13.9. The second kappa shape index (κ2) is 6.33. The molecular formula is C20H32. The van der Waals surface area contributed by atoms with Crippen LogP contribution in [0.2, 0.25) is 0 Å². The fourth-order valence-corrected chi connectivity index (χ4v) is 3.86. The van der Waals surface area contributed by atoms with Crippen LogP contribution in [0.5, 0.6) is 0 Å². The van der Waals surface area contributed by atoms with E-state index in [1.54, 1.807) is 22.3 Å². The number of hydrogen-bond acceptors (Lipinski definition) is 0. The van der Waals surface area contributed by atoms with E-state index in [9.17, 15) is 0 Å². The van der Waals surface area contributed by atoms with Crippen LogP contribution in [-0.4, -0.2) is 0 Å². The van der Waals surface area contributed by atoms with Crippen molar-refractivity contribution in [2.75, 3.05) is 0 Å². The van der Waals surface area contributed by atoms with Gasteiger partial charge in [0.05, 0.1) is 0 Å². The maximum absolute atomic E-state index is 2.52. The van der Waals surface area contributed by atoms with Gasteiger partial charge in [-0.1, -0.05) is 48.3 Å². The van der Waals surface area contributed by atoms with E-state index in [1.807, 2.05) is 0 Å². The third-order valence-electron chi connectivity index (χ3n) is 6.12.